The average Bonchev–Trinajstić information content (AvgIpc) is 2.39. The topological polar surface area (TPSA) is 20.2 Å². The largest absolute Gasteiger partial charge is 0.396 e. The average molecular weight is 254 g/mol. The summed E-state index contributed by atoms with van der Waals surface area (Å²) < 4.78 is 0. The van der Waals surface area contributed by atoms with Crippen molar-refractivity contribution in [2.24, 2.45) is 0 Å². The Labute approximate surface area is 115 Å². The summed E-state index contributed by atoms with van der Waals surface area (Å²) in [6, 6.07) is 0. The van der Waals surface area contributed by atoms with Gasteiger partial charge in [0.05, 0.1) is 0 Å². The Bertz CT molecular complexity index is 163. The van der Waals surface area contributed by atoms with Crippen molar-refractivity contribution < 1.29 is 5.11 Å². The van der Waals surface area contributed by atoms with Crippen LogP contribution in [0.1, 0.15) is 90.4 Å². The Hall–Kier alpha value is -0.300. The van der Waals surface area contributed by atoms with Crippen molar-refractivity contribution in [3.63, 3.8) is 0 Å². The highest BCUT2D eigenvalue weighted by Gasteiger charge is 1.90. The molecule has 0 bridgehead atoms. The van der Waals surface area contributed by atoms with Crippen LogP contribution in [0.15, 0.2) is 12.2 Å². The van der Waals surface area contributed by atoms with Crippen LogP contribution in [0, 0.1) is 0 Å². The third kappa shape index (κ3) is 15.7. The molecule has 0 spiro atoms. The van der Waals surface area contributed by atoms with E-state index in [0.29, 0.717) is 6.61 Å². The third-order valence-electron chi connectivity index (χ3n) is 3.42. The summed E-state index contributed by atoms with van der Waals surface area (Å²) in [4.78, 5) is 0. The van der Waals surface area contributed by atoms with E-state index in [-0.39, 0.29) is 0 Å². The summed E-state index contributed by atoms with van der Waals surface area (Å²) in [5.74, 6) is 0. The van der Waals surface area contributed by atoms with Crippen LogP contribution in [0.4, 0.5) is 0 Å². The fraction of sp³-hybridized carbons (Fsp3) is 0.882. The molecule has 1 N–H and O–H groups in total. The minimum absolute atomic E-state index is 0.364. The first-order valence-corrected chi connectivity index (χ1v) is 8.17. The molecule has 18 heavy (non-hydrogen) atoms. The molecule has 0 aliphatic rings. The van der Waals surface area contributed by atoms with Gasteiger partial charge >= 0.3 is 0 Å². The zero-order valence-corrected chi connectivity index (χ0v) is 12.5. The molecule has 0 aromatic carbocycles. The molecular formula is C17H34O. The Morgan fingerprint density at radius 1 is 0.611 bits per heavy atom. The van der Waals surface area contributed by atoms with Gasteiger partial charge in [0.15, 0.2) is 0 Å². The molecule has 0 amide bonds. The number of unbranched alkanes of at least 4 members (excludes halogenated alkanes) is 11. The van der Waals surface area contributed by atoms with Gasteiger partial charge in [0.2, 0.25) is 0 Å². The number of aliphatic hydroxyl groups excluding tert-OH is 1. The highest BCUT2D eigenvalue weighted by Crippen LogP contribution is 2.09. The number of aliphatic hydroxyl groups is 1. The first-order chi connectivity index (χ1) is 8.91. The lowest BCUT2D eigenvalue weighted by Crippen LogP contribution is -1.83. The van der Waals surface area contributed by atoms with Crippen molar-refractivity contribution in [2.45, 2.75) is 90.4 Å². The van der Waals surface area contributed by atoms with Gasteiger partial charge < -0.3 is 5.11 Å². The highest BCUT2D eigenvalue weighted by molar-refractivity contribution is 4.81. The summed E-state index contributed by atoms with van der Waals surface area (Å²) in [6.07, 6.45) is 21.7. The van der Waals surface area contributed by atoms with Gasteiger partial charge in [-0.2, -0.15) is 0 Å². The van der Waals surface area contributed by atoms with Gasteiger partial charge in [0, 0.05) is 6.61 Å². The lowest BCUT2D eigenvalue weighted by molar-refractivity contribution is 0.282. The van der Waals surface area contributed by atoms with Crippen LogP contribution in [0.2, 0.25) is 0 Å². The molecule has 0 aromatic rings. The van der Waals surface area contributed by atoms with E-state index >= 15 is 0 Å². The van der Waals surface area contributed by atoms with E-state index in [9.17, 15) is 0 Å². The molecule has 0 aliphatic heterocycles. The summed E-state index contributed by atoms with van der Waals surface area (Å²) in [6.45, 7) is 2.63. The van der Waals surface area contributed by atoms with Crippen molar-refractivity contribution in [3.05, 3.63) is 12.2 Å². The van der Waals surface area contributed by atoms with Crippen molar-refractivity contribution >= 4 is 0 Å². The summed E-state index contributed by atoms with van der Waals surface area (Å²) in [5.41, 5.74) is 0. The number of hydrogen-bond acceptors (Lipinski definition) is 1. The zero-order valence-electron chi connectivity index (χ0n) is 12.5. The molecule has 0 aromatic heterocycles. The van der Waals surface area contributed by atoms with Gasteiger partial charge in [-0.05, 0) is 32.1 Å². The first kappa shape index (κ1) is 17.7. The van der Waals surface area contributed by atoms with E-state index in [4.69, 9.17) is 5.11 Å². The van der Waals surface area contributed by atoms with Gasteiger partial charge in [0.25, 0.3) is 0 Å². The Kier molecular flexibility index (Phi) is 16.4. The molecule has 0 unspecified atom stereocenters. The zero-order chi connectivity index (χ0) is 13.3. The smallest absolute Gasteiger partial charge is 0.0431 e. The van der Waals surface area contributed by atoms with Gasteiger partial charge in [-0.1, -0.05) is 70.4 Å². The maximum atomic E-state index is 8.65. The molecule has 108 valence electrons. The Balaban J connectivity index is 2.99. The number of allylic oxidation sites excluding steroid dienone is 2. The van der Waals surface area contributed by atoms with E-state index in [1.54, 1.807) is 0 Å². The minimum Gasteiger partial charge on any atom is -0.396 e. The number of rotatable bonds is 14. The maximum absolute atomic E-state index is 8.65. The monoisotopic (exact) mass is 254 g/mol. The van der Waals surface area contributed by atoms with Crippen LogP contribution >= 0.6 is 0 Å². The fourth-order valence-corrected chi connectivity index (χ4v) is 2.18. The Morgan fingerprint density at radius 2 is 1.06 bits per heavy atom. The van der Waals surface area contributed by atoms with Crippen LogP contribution < -0.4 is 0 Å². The quantitative estimate of drug-likeness (QED) is 0.315. The van der Waals surface area contributed by atoms with E-state index in [2.05, 4.69) is 19.1 Å². The Morgan fingerprint density at radius 3 is 1.56 bits per heavy atom. The molecule has 0 saturated carbocycles. The maximum Gasteiger partial charge on any atom is 0.0431 e. The molecule has 0 heterocycles. The van der Waals surface area contributed by atoms with Gasteiger partial charge in [0.1, 0.15) is 0 Å². The second kappa shape index (κ2) is 16.7. The molecule has 0 radical (unpaired) electrons. The van der Waals surface area contributed by atoms with E-state index in [1.807, 2.05) is 0 Å². The molecule has 0 rings (SSSR count). The highest BCUT2D eigenvalue weighted by atomic mass is 16.2. The fourth-order valence-electron chi connectivity index (χ4n) is 2.18. The van der Waals surface area contributed by atoms with Gasteiger partial charge in [-0.25, -0.2) is 0 Å². The minimum atomic E-state index is 0.364. The molecule has 0 saturated heterocycles. The van der Waals surface area contributed by atoms with Gasteiger partial charge in [-0.3, -0.25) is 0 Å². The lowest BCUT2D eigenvalue weighted by Gasteiger charge is -1.99. The summed E-state index contributed by atoms with van der Waals surface area (Å²) in [7, 11) is 0. The molecular weight excluding hydrogens is 220 g/mol. The van der Waals surface area contributed by atoms with Crippen LogP contribution in [0.25, 0.3) is 0 Å². The van der Waals surface area contributed by atoms with E-state index < -0.39 is 0 Å². The molecule has 0 fully saturated rings. The van der Waals surface area contributed by atoms with E-state index in [1.165, 1.54) is 77.0 Å². The van der Waals surface area contributed by atoms with E-state index in [0.717, 1.165) is 6.42 Å². The molecule has 0 aliphatic carbocycles. The summed E-state index contributed by atoms with van der Waals surface area (Å²) >= 11 is 0. The lowest BCUT2D eigenvalue weighted by atomic mass is 10.1. The number of hydrogen-bond donors (Lipinski definition) is 1. The van der Waals surface area contributed by atoms with Crippen molar-refractivity contribution in [2.75, 3.05) is 6.61 Å². The SMILES string of the molecule is CCCCCC/C=C\CCCCCCCCCO. The molecule has 1 nitrogen and oxygen atoms in total. The normalized spacial score (nSPS) is 11.4. The third-order valence-corrected chi connectivity index (χ3v) is 3.42. The van der Waals surface area contributed by atoms with Crippen molar-refractivity contribution in [1.29, 1.82) is 0 Å². The predicted octanol–water partition coefficient (Wildman–Crippen LogP) is 5.63. The first-order valence-electron chi connectivity index (χ1n) is 8.17. The van der Waals surface area contributed by atoms with Crippen LogP contribution in [-0.2, 0) is 0 Å². The van der Waals surface area contributed by atoms with Crippen LogP contribution in [-0.4, -0.2) is 11.7 Å². The molecule has 1 heteroatoms. The van der Waals surface area contributed by atoms with Crippen LogP contribution in [0.5, 0.6) is 0 Å². The summed E-state index contributed by atoms with van der Waals surface area (Å²) in [5, 5.41) is 8.65. The van der Waals surface area contributed by atoms with Crippen molar-refractivity contribution in [1.82, 2.24) is 0 Å². The second-order valence-corrected chi connectivity index (χ2v) is 5.31. The van der Waals surface area contributed by atoms with Crippen LogP contribution in [0.3, 0.4) is 0 Å². The van der Waals surface area contributed by atoms with Crippen molar-refractivity contribution in [3.8, 4) is 0 Å². The predicted molar refractivity (Wildman–Crippen MR) is 81.9 cm³/mol. The standard InChI is InChI=1S/C17H34O/c1-2-3-4-5-6-7-8-9-10-11-12-13-14-15-16-17-18/h7-8,18H,2-6,9-17H2,1H3/b8-7-. The molecule has 0 atom stereocenters. The second-order valence-electron chi connectivity index (χ2n) is 5.31. The van der Waals surface area contributed by atoms with Gasteiger partial charge in [-0.15, -0.1) is 0 Å².